The molecule has 10 aromatic carbocycles. The summed E-state index contributed by atoms with van der Waals surface area (Å²) in [5, 5.41) is 7.03. The van der Waals surface area contributed by atoms with Crippen molar-refractivity contribution in [3.8, 4) is 44.5 Å². The lowest BCUT2D eigenvalue weighted by molar-refractivity contribution is 0.673. The molecule has 0 amide bonds. The van der Waals surface area contributed by atoms with Gasteiger partial charge in [-0.25, -0.2) is 0 Å². The second-order valence-electron chi connectivity index (χ2n) is 15.6. The van der Waals surface area contributed by atoms with Crippen LogP contribution in [-0.4, -0.2) is 0 Å². The smallest absolute Gasteiger partial charge is 0.143 e. The monoisotopic (exact) mass is 795 g/mol. The summed E-state index contributed by atoms with van der Waals surface area (Å²) < 4.78 is 9.50. The molecule has 61 heavy (non-hydrogen) atoms. The summed E-state index contributed by atoms with van der Waals surface area (Å²) >= 11 is 1.86. The fourth-order valence-electron chi connectivity index (χ4n) is 9.22. The third kappa shape index (κ3) is 6.01. The van der Waals surface area contributed by atoms with Gasteiger partial charge in [-0.15, -0.1) is 11.3 Å². The molecule has 0 unspecified atom stereocenters. The molecule has 0 bridgehead atoms. The minimum atomic E-state index is 0.873. The molecular weight excluding hydrogens is 759 g/mol. The molecule has 0 spiro atoms. The lowest BCUT2D eigenvalue weighted by atomic mass is 9.94. The van der Waals surface area contributed by atoms with Crippen LogP contribution in [0.4, 0.5) is 17.1 Å². The zero-order valence-corrected chi connectivity index (χ0v) is 33.9. The lowest BCUT2D eigenvalue weighted by Gasteiger charge is -2.28. The molecule has 0 fully saturated rings. The van der Waals surface area contributed by atoms with Crippen LogP contribution in [0.5, 0.6) is 0 Å². The van der Waals surface area contributed by atoms with Gasteiger partial charge in [0.05, 0.1) is 5.69 Å². The van der Waals surface area contributed by atoms with Gasteiger partial charge < -0.3 is 9.32 Å². The first-order valence-corrected chi connectivity index (χ1v) is 21.6. The van der Waals surface area contributed by atoms with Gasteiger partial charge in [0.25, 0.3) is 0 Å². The Morgan fingerprint density at radius 1 is 0.328 bits per heavy atom. The van der Waals surface area contributed by atoms with Gasteiger partial charge in [-0.2, -0.15) is 0 Å². The van der Waals surface area contributed by atoms with Crippen LogP contribution in [0.1, 0.15) is 0 Å². The number of nitrogens with zero attached hydrogens (tertiary/aromatic N) is 1. The van der Waals surface area contributed by atoms with Crippen molar-refractivity contribution in [3.05, 3.63) is 224 Å². The van der Waals surface area contributed by atoms with Crippen molar-refractivity contribution in [1.82, 2.24) is 0 Å². The largest absolute Gasteiger partial charge is 0.455 e. The highest BCUT2D eigenvalue weighted by Gasteiger charge is 2.22. The topological polar surface area (TPSA) is 16.4 Å². The van der Waals surface area contributed by atoms with E-state index in [9.17, 15) is 0 Å². The van der Waals surface area contributed by atoms with Crippen LogP contribution in [0.3, 0.4) is 0 Å². The van der Waals surface area contributed by atoms with Crippen LogP contribution in [0.2, 0.25) is 0 Å². The minimum absolute atomic E-state index is 0.873. The number of benzene rings is 10. The van der Waals surface area contributed by atoms with Gasteiger partial charge in [-0.05, 0) is 93.0 Å². The molecule has 0 saturated heterocycles. The van der Waals surface area contributed by atoms with E-state index >= 15 is 0 Å². The van der Waals surface area contributed by atoms with Crippen LogP contribution in [-0.2, 0) is 0 Å². The molecule has 12 aromatic rings. The first kappa shape index (κ1) is 35.2. The fraction of sp³-hybridized carbons (Fsp3) is 0. The van der Waals surface area contributed by atoms with Crippen LogP contribution in [0.15, 0.2) is 229 Å². The maximum Gasteiger partial charge on any atom is 0.143 e. The molecule has 0 aliphatic carbocycles. The highest BCUT2D eigenvalue weighted by molar-refractivity contribution is 7.25. The second kappa shape index (κ2) is 14.5. The molecule has 0 aliphatic rings. The third-order valence-electron chi connectivity index (χ3n) is 12.1. The normalized spacial score (nSPS) is 11.6. The Kier molecular flexibility index (Phi) is 8.39. The predicted molar refractivity (Wildman–Crippen MR) is 261 cm³/mol. The number of fused-ring (bicyclic) bond motifs is 8. The molecule has 0 N–H and O–H groups in total. The van der Waals surface area contributed by atoms with Gasteiger partial charge in [0.1, 0.15) is 11.2 Å². The number of thiophene rings is 1. The molecule has 0 aliphatic heterocycles. The Hall–Kier alpha value is -7.72. The first-order valence-electron chi connectivity index (χ1n) is 20.7. The molecule has 2 heterocycles. The van der Waals surface area contributed by atoms with E-state index < -0.39 is 0 Å². The highest BCUT2D eigenvalue weighted by Crippen LogP contribution is 2.47. The summed E-state index contributed by atoms with van der Waals surface area (Å²) in [6.07, 6.45) is 0. The molecule has 0 radical (unpaired) electrons. The minimum Gasteiger partial charge on any atom is -0.455 e. The van der Waals surface area contributed by atoms with Crippen molar-refractivity contribution < 1.29 is 4.42 Å². The molecule has 3 heteroatoms. The van der Waals surface area contributed by atoms with E-state index in [2.05, 4.69) is 229 Å². The summed E-state index contributed by atoms with van der Waals surface area (Å²) in [5.41, 5.74) is 14.5. The quantitative estimate of drug-likeness (QED) is 0.160. The van der Waals surface area contributed by atoms with Gasteiger partial charge in [0.15, 0.2) is 0 Å². The van der Waals surface area contributed by atoms with Crippen LogP contribution < -0.4 is 4.90 Å². The summed E-state index contributed by atoms with van der Waals surface area (Å²) in [6.45, 7) is 0. The third-order valence-corrected chi connectivity index (χ3v) is 13.2. The van der Waals surface area contributed by atoms with Crippen molar-refractivity contribution in [3.63, 3.8) is 0 Å². The maximum absolute atomic E-state index is 6.87. The number of anilines is 3. The van der Waals surface area contributed by atoms with E-state index in [4.69, 9.17) is 4.42 Å². The average Bonchev–Trinajstić information content (AvgIpc) is 3.92. The Morgan fingerprint density at radius 2 is 0.869 bits per heavy atom. The zero-order valence-electron chi connectivity index (χ0n) is 33.1. The van der Waals surface area contributed by atoms with Crippen molar-refractivity contribution in [2.45, 2.75) is 0 Å². The van der Waals surface area contributed by atoms with Crippen molar-refractivity contribution in [2.75, 3.05) is 4.90 Å². The van der Waals surface area contributed by atoms with Crippen molar-refractivity contribution in [2.24, 2.45) is 0 Å². The van der Waals surface area contributed by atoms with Gasteiger partial charge in [0, 0.05) is 53.1 Å². The van der Waals surface area contributed by atoms with Crippen LogP contribution in [0.25, 0.3) is 97.4 Å². The molecule has 2 nitrogen and oxygen atoms in total. The SMILES string of the molecule is c1ccc(-c2ccc(N(c3cccc(-c4ccccc4)c3)c3cc4c(oc5cccc(-c6ccc(-c7cccc8sc9ccccc9c78)cc6)c54)c4ccccc34)cc2)cc1. The molecule has 12 rings (SSSR count). The Bertz CT molecular complexity index is 3570. The van der Waals surface area contributed by atoms with E-state index in [1.165, 1.54) is 48.0 Å². The van der Waals surface area contributed by atoms with E-state index in [1.54, 1.807) is 0 Å². The van der Waals surface area contributed by atoms with Crippen molar-refractivity contribution in [1.29, 1.82) is 0 Å². The van der Waals surface area contributed by atoms with Crippen LogP contribution in [0, 0.1) is 0 Å². The highest BCUT2D eigenvalue weighted by atomic mass is 32.1. The van der Waals surface area contributed by atoms with E-state index in [1.807, 2.05) is 11.3 Å². The molecular formula is C58H37NOS. The predicted octanol–water partition coefficient (Wildman–Crippen LogP) is 17.2. The van der Waals surface area contributed by atoms with Crippen LogP contribution >= 0.6 is 11.3 Å². The molecule has 286 valence electrons. The number of hydrogen-bond donors (Lipinski definition) is 0. The molecule has 0 atom stereocenters. The fourth-order valence-corrected chi connectivity index (χ4v) is 10.3. The number of furan rings is 1. The lowest BCUT2D eigenvalue weighted by Crippen LogP contribution is -2.10. The average molecular weight is 796 g/mol. The Balaban J connectivity index is 1.05. The van der Waals surface area contributed by atoms with E-state index in [0.29, 0.717) is 0 Å². The van der Waals surface area contributed by atoms with Gasteiger partial charge in [-0.3, -0.25) is 0 Å². The van der Waals surface area contributed by atoms with Gasteiger partial charge in [-0.1, -0.05) is 176 Å². The Morgan fingerprint density at radius 3 is 1.61 bits per heavy atom. The first-order chi connectivity index (χ1) is 30.2. The molecule has 0 saturated carbocycles. The maximum atomic E-state index is 6.87. The second-order valence-corrected chi connectivity index (χ2v) is 16.7. The van der Waals surface area contributed by atoms with Crippen molar-refractivity contribution >= 4 is 81.3 Å². The van der Waals surface area contributed by atoms with Gasteiger partial charge >= 0.3 is 0 Å². The summed E-state index contributed by atoms with van der Waals surface area (Å²) in [5.74, 6) is 0. The standard InChI is InChI=1S/C58H37NOS/c1-3-14-38(15-4-1)40-32-34-44(35-33-40)59(45-19-11-18-43(36-45)39-16-5-2-6-17-39)52-37-51-56-46(23-12-25-53(56)60-58(51)49-21-8-7-20-48(49)52)41-28-30-42(31-29-41)47-24-13-27-55-57(47)50-22-9-10-26-54(50)61-55/h1-37H. The summed E-state index contributed by atoms with van der Waals surface area (Å²) in [6, 6.07) is 81.0. The number of rotatable bonds is 7. The van der Waals surface area contributed by atoms with E-state index in [-0.39, 0.29) is 0 Å². The summed E-state index contributed by atoms with van der Waals surface area (Å²) in [4.78, 5) is 2.41. The van der Waals surface area contributed by atoms with Gasteiger partial charge in [0.2, 0.25) is 0 Å². The Labute approximate surface area is 357 Å². The molecule has 2 aromatic heterocycles. The summed E-state index contributed by atoms with van der Waals surface area (Å²) in [7, 11) is 0. The zero-order chi connectivity index (χ0) is 40.3. The number of hydrogen-bond acceptors (Lipinski definition) is 3. The van der Waals surface area contributed by atoms with E-state index in [0.717, 1.165) is 66.5 Å².